The van der Waals surface area contributed by atoms with Gasteiger partial charge in [-0.2, -0.15) is 13.2 Å². The highest BCUT2D eigenvalue weighted by molar-refractivity contribution is 6.29. The van der Waals surface area contributed by atoms with E-state index in [-0.39, 0.29) is 0 Å². The average Bonchev–Trinajstić information content (AvgIpc) is 1.99. The second-order valence-corrected chi connectivity index (χ2v) is 3.13. The molecule has 0 aliphatic carbocycles. The van der Waals surface area contributed by atoms with E-state index < -0.39 is 29.3 Å². The van der Waals surface area contributed by atoms with Crippen LogP contribution < -0.4 is 5.32 Å². The quantitative estimate of drug-likeness (QED) is 0.743. The van der Waals surface area contributed by atoms with Gasteiger partial charge in [0.05, 0.1) is 5.88 Å². The SMILES string of the molecule is CC(=O)NC(C)(C(=O)CCl)C(F)(F)F. The molecule has 82 valence electrons. The van der Waals surface area contributed by atoms with Gasteiger partial charge in [0.1, 0.15) is 0 Å². The van der Waals surface area contributed by atoms with Crippen molar-refractivity contribution in [3.05, 3.63) is 0 Å². The maximum Gasteiger partial charge on any atom is 0.418 e. The van der Waals surface area contributed by atoms with Crippen molar-refractivity contribution in [2.75, 3.05) is 5.88 Å². The van der Waals surface area contributed by atoms with Crippen molar-refractivity contribution in [3.63, 3.8) is 0 Å². The molecule has 3 nitrogen and oxygen atoms in total. The standard InChI is InChI=1S/C7H9ClF3NO2/c1-4(13)12-6(2,5(14)3-8)7(9,10)11/h3H2,1-2H3,(H,12,13). The molecule has 0 aromatic carbocycles. The Morgan fingerprint density at radius 3 is 2.00 bits per heavy atom. The van der Waals surface area contributed by atoms with Gasteiger partial charge in [0.25, 0.3) is 0 Å². The first kappa shape index (κ1) is 13.2. The molecule has 7 heteroatoms. The van der Waals surface area contributed by atoms with Crippen LogP contribution in [0.4, 0.5) is 13.2 Å². The zero-order valence-electron chi connectivity index (χ0n) is 7.54. The summed E-state index contributed by atoms with van der Waals surface area (Å²) in [5, 5.41) is 1.55. The van der Waals surface area contributed by atoms with Gasteiger partial charge in [-0.3, -0.25) is 9.59 Å². The summed E-state index contributed by atoms with van der Waals surface area (Å²) in [6.45, 7) is 1.48. The van der Waals surface area contributed by atoms with E-state index in [0.717, 1.165) is 6.92 Å². The van der Waals surface area contributed by atoms with Gasteiger partial charge in [0.15, 0.2) is 11.3 Å². The van der Waals surface area contributed by atoms with Crippen LogP contribution in [0.1, 0.15) is 13.8 Å². The molecule has 0 heterocycles. The lowest BCUT2D eigenvalue weighted by molar-refractivity contribution is -0.194. The predicted molar refractivity (Wildman–Crippen MR) is 44.0 cm³/mol. The van der Waals surface area contributed by atoms with Crippen LogP contribution in [0.5, 0.6) is 0 Å². The number of nitrogens with one attached hydrogen (secondary N) is 1. The van der Waals surface area contributed by atoms with Crippen LogP contribution in [-0.4, -0.2) is 29.3 Å². The van der Waals surface area contributed by atoms with Crippen LogP contribution in [0.3, 0.4) is 0 Å². The molecule has 1 N–H and O–H groups in total. The van der Waals surface area contributed by atoms with Crippen LogP contribution in [0.25, 0.3) is 0 Å². The normalized spacial score (nSPS) is 15.9. The van der Waals surface area contributed by atoms with Crippen LogP contribution in [-0.2, 0) is 9.59 Å². The number of amides is 1. The van der Waals surface area contributed by atoms with E-state index in [1.165, 1.54) is 0 Å². The summed E-state index contributed by atoms with van der Waals surface area (Å²) < 4.78 is 37.2. The van der Waals surface area contributed by atoms with Crippen molar-refractivity contribution in [1.29, 1.82) is 0 Å². The Labute approximate surface area is 83.6 Å². The van der Waals surface area contributed by atoms with Crippen LogP contribution in [0.15, 0.2) is 0 Å². The highest BCUT2D eigenvalue weighted by atomic mass is 35.5. The lowest BCUT2D eigenvalue weighted by atomic mass is 9.96. The van der Waals surface area contributed by atoms with E-state index in [1.807, 2.05) is 0 Å². The van der Waals surface area contributed by atoms with Gasteiger partial charge >= 0.3 is 6.18 Å². The number of hydrogen-bond acceptors (Lipinski definition) is 2. The Morgan fingerprint density at radius 2 is 1.79 bits per heavy atom. The summed E-state index contributed by atoms with van der Waals surface area (Å²) in [5.74, 6) is -3.04. The monoisotopic (exact) mass is 231 g/mol. The molecule has 1 amide bonds. The number of carbonyl (C=O) groups is 2. The number of halogens is 4. The number of Topliss-reactive ketones (excluding diaryl/α,β-unsaturated/α-hetero) is 1. The minimum absolute atomic E-state index is 0.582. The highest BCUT2D eigenvalue weighted by Gasteiger charge is 2.56. The number of hydrogen-bond donors (Lipinski definition) is 1. The zero-order chi connectivity index (χ0) is 11.6. The summed E-state index contributed by atoms with van der Waals surface area (Å²) in [6, 6.07) is 0. The molecule has 1 unspecified atom stereocenters. The van der Waals surface area contributed by atoms with Crippen molar-refractivity contribution in [1.82, 2.24) is 5.32 Å². The van der Waals surface area contributed by atoms with E-state index in [0.29, 0.717) is 6.92 Å². The number of rotatable bonds is 3. The molecule has 0 aliphatic rings. The van der Waals surface area contributed by atoms with Crippen LogP contribution >= 0.6 is 11.6 Å². The lowest BCUT2D eigenvalue weighted by Crippen LogP contribution is -2.62. The number of alkyl halides is 4. The smallest absolute Gasteiger partial charge is 0.336 e. The van der Waals surface area contributed by atoms with Crippen molar-refractivity contribution in [3.8, 4) is 0 Å². The van der Waals surface area contributed by atoms with Gasteiger partial charge in [-0.1, -0.05) is 0 Å². The number of ketones is 1. The first-order chi connectivity index (χ1) is 6.15. The molecule has 0 spiro atoms. The minimum Gasteiger partial charge on any atom is -0.336 e. The topological polar surface area (TPSA) is 46.2 Å². The molecule has 0 bridgehead atoms. The summed E-state index contributed by atoms with van der Waals surface area (Å²) in [5.41, 5.74) is -2.90. The fraction of sp³-hybridized carbons (Fsp3) is 0.714. The van der Waals surface area contributed by atoms with E-state index in [4.69, 9.17) is 11.6 Å². The Kier molecular flexibility index (Phi) is 3.93. The molecule has 1 atom stereocenters. The molecule has 0 saturated carbocycles. The summed E-state index contributed by atoms with van der Waals surface area (Å²) in [7, 11) is 0. The highest BCUT2D eigenvalue weighted by Crippen LogP contribution is 2.31. The van der Waals surface area contributed by atoms with Crippen LogP contribution in [0, 0.1) is 0 Å². The predicted octanol–water partition coefficient (Wildman–Crippen LogP) is 1.25. The van der Waals surface area contributed by atoms with Crippen molar-refractivity contribution in [2.45, 2.75) is 25.6 Å². The molecule has 0 aromatic rings. The molecule has 0 aliphatic heterocycles. The maximum atomic E-state index is 12.4. The minimum atomic E-state index is -4.86. The first-order valence-corrected chi connectivity index (χ1v) is 4.13. The van der Waals surface area contributed by atoms with E-state index >= 15 is 0 Å². The number of carbonyl (C=O) groups excluding carboxylic acids is 2. The van der Waals surface area contributed by atoms with E-state index in [1.54, 1.807) is 5.32 Å². The van der Waals surface area contributed by atoms with Gasteiger partial charge in [-0.25, -0.2) is 0 Å². The third-order valence-corrected chi connectivity index (χ3v) is 1.91. The van der Waals surface area contributed by atoms with Crippen molar-refractivity contribution < 1.29 is 22.8 Å². The molecular weight excluding hydrogens is 223 g/mol. The molecule has 0 fully saturated rings. The molecule has 14 heavy (non-hydrogen) atoms. The first-order valence-electron chi connectivity index (χ1n) is 3.60. The molecule has 0 rings (SSSR count). The van der Waals surface area contributed by atoms with Crippen molar-refractivity contribution >= 4 is 23.3 Å². The Bertz CT molecular complexity index is 254. The van der Waals surface area contributed by atoms with Gasteiger partial charge in [0.2, 0.25) is 5.91 Å². The van der Waals surface area contributed by atoms with Crippen molar-refractivity contribution in [2.24, 2.45) is 0 Å². The third-order valence-electron chi connectivity index (χ3n) is 1.67. The largest absolute Gasteiger partial charge is 0.418 e. The molecule has 0 aromatic heterocycles. The Hall–Kier alpha value is -0.780. The van der Waals surface area contributed by atoms with Gasteiger partial charge < -0.3 is 5.32 Å². The van der Waals surface area contributed by atoms with Gasteiger partial charge in [0, 0.05) is 6.92 Å². The summed E-state index contributed by atoms with van der Waals surface area (Å²) in [6.07, 6.45) is -4.86. The molecular formula is C7H9ClF3NO2. The van der Waals surface area contributed by atoms with Gasteiger partial charge in [-0.15, -0.1) is 11.6 Å². The average molecular weight is 232 g/mol. The second-order valence-electron chi connectivity index (χ2n) is 2.86. The summed E-state index contributed by atoms with van der Waals surface area (Å²) in [4.78, 5) is 21.5. The zero-order valence-corrected chi connectivity index (χ0v) is 8.29. The lowest BCUT2D eigenvalue weighted by Gasteiger charge is -2.30. The molecule has 0 saturated heterocycles. The van der Waals surface area contributed by atoms with Crippen LogP contribution in [0.2, 0.25) is 0 Å². The second kappa shape index (κ2) is 4.16. The molecule has 0 radical (unpaired) electrons. The fourth-order valence-corrected chi connectivity index (χ4v) is 1.05. The van der Waals surface area contributed by atoms with E-state index in [9.17, 15) is 22.8 Å². The van der Waals surface area contributed by atoms with E-state index in [2.05, 4.69) is 0 Å². The third kappa shape index (κ3) is 2.60. The maximum absolute atomic E-state index is 12.4. The fourth-order valence-electron chi connectivity index (χ4n) is 0.784. The summed E-state index contributed by atoms with van der Waals surface area (Å²) >= 11 is 5.03. The Morgan fingerprint density at radius 1 is 1.36 bits per heavy atom. The van der Waals surface area contributed by atoms with Gasteiger partial charge in [-0.05, 0) is 6.92 Å². The Balaban J connectivity index is 5.05.